The second-order valence-corrected chi connectivity index (χ2v) is 11.0. The summed E-state index contributed by atoms with van der Waals surface area (Å²) in [4.78, 5) is 12.0. The summed E-state index contributed by atoms with van der Waals surface area (Å²) in [6, 6.07) is 0. The fraction of sp³-hybridized carbons (Fsp3) is 0.957. The Kier molecular flexibility index (Phi) is 4.96. The van der Waals surface area contributed by atoms with E-state index in [0.717, 1.165) is 51.4 Å². The molecule has 1 N–H and O–H groups in total. The zero-order valence-corrected chi connectivity index (χ0v) is 17.4. The molecule has 4 aliphatic rings. The first-order valence-electron chi connectivity index (χ1n) is 11.2. The minimum atomic E-state index is -4.54. The zero-order valence-electron chi connectivity index (χ0n) is 17.4. The maximum Gasteiger partial charge on any atom is 0.414 e. The van der Waals surface area contributed by atoms with Gasteiger partial charge in [0.25, 0.3) is 0 Å². The molecule has 0 aromatic rings. The third-order valence-corrected chi connectivity index (χ3v) is 10.0. The van der Waals surface area contributed by atoms with Gasteiger partial charge in [-0.05, 0) is 91.3 Å². The number of rotatable bonds is 2. The Balaban J connectivity index is 1.56. The molecule has 0 saturated heterocycles. The SMILES string of the molecule is C[C@@H]([C@H]1CC[C@H]2[C@@H]3CC[C@@H]4CC(=O)CC[C@]4(C)[C@H]3CC[C@]12C)[C@H](O)C(F)(F)F. The number of carbonyl (C=O) groups is 1. The van der Waals surface area contributed by atoms with Crippen LogP contribution < -0.4 is 0 Å². The molecule has 0 radical (unpaired) electrons. The number of aliphatic hydroxyl groups excluding tert-OH is 1. The summed E-state index contributed by atoms with van der Waals surface area (Å²) in [7, 11) is 0. The van der Waals surface area contributed by atoms with Gasteiger partial charge >= 0.3 is 6.18 Å². The molecule has 4 rings (SSSR count). The molecule has 160 valence electrons. The molecule has 9 atom stereocenters. The highest BCUT2D eigenvalue weighted by Gasteiger charge is 2.62. The fourth-order valence-electron chi connectivity index (χ4n) is 8.47. The number of fused-ring (bicyclic) bond motifs is 5. The van der Waals surface area contributed by atoms with Crippen LogP contribution in [0, 0.1) is 46.3 Å². The van der Waals surface area contributed by atoms with Gasteiger partial charge in [0.1, 0.15) is 5.78 Å². The summed E-state index contributed by atoms with van der Waals surface area (Å²) in [5.41, 5.74) is 0.133. The van der Waals surface area contributed by atoms with Gasteiger partial charge in [-0.15, -0.1) is 0 Å². The van der Waals surface area contributed by atoms with E-state index in [1.54, 1.807) is 6.92 Å². The lowest BCUT2D eigenvalue weighted by Crippen LogP contribution is -2.54. The van der Waals surface area contributed by atoms with Crippen molar-refractivity contribution in [3.8, 4) is 0 Å². The predicted octanol–water partition coefficient (Wildman–Crippen LogP) is 5.77. The Labute approximate surface area is 166 Å². The lowest BCUT2D eigenvalue weighted by Gasteiger charge is -2.60. The minimum absolute atomic E-state index is 0.0615. The molecule has 0 unspecified atom stereocenters. The maximum absolute atomic E-state index is 13.2. The first kappa shape index (κ1) is 20.7. The van der Waals surface area contributed by atoms with E-state index in [0.29, 0.717) is 35.9 Å². The molecule has 0 heterocycles. The largest absolute Gasteiger partial charge is 0.414 e. The van der Waals surface area contributed by atoms with Crippen molar-refractivity contribution in [2.45, 2.75) is 90.8 Å². The van der Waals surface area contributed by atoms with Gasteiger partial charge in [-0.1, -0.05) is 20.8 Å². The Hall–Kier alpha value is -0.580. The van der Waals surface area contributed by atoms with Crippen molar-refractivity contribution >= 4 is 5.78 Å². The number of hydrogen-bond acceptors (Lipinski definition) is 2. The molecule has 0 amide bonds. The third kappa shape index (κ3) is 2.97. The Morgan fingerprint density at radius 2 is 1.68 bits per heavy atom. The topological polar surface area (TPSA) is 37.3 Å². The van der Waals surface area contributed by atoms with Crippen molar-refractivity contribution < 1.29 is 23.1 Å². The van der Waals surface area contributed by atoms with Crippen molar-refractivity contribution in [3.63, 3.8) is 0 Å². The Bertz CT molecular complexity index is 632. The van der Waals surface area contributed by atoms with Gasteiger partial charge in [-0.3, -0.25) is 4.79 Å². The first-order valence-corrected chi connectivity index (χ1v) is 11.2. The van der Waals surface area contributed by atoms with Crippen molar-refractivity contribution in [1.29, 1.82) is 0 Å². The number of carbonyl (C=O) groups excluding carboxylic acids is 1. The summed E-state index contributed by atoms with van der Waals surface area (Å²) >= 11 is 0. The lowest BCUT2D eigenvalue weighted by atomic mass is 9.44. The molecule has 4 fully saturated rings. The highest BCUT2D eigenvalue weighted by Crippen LogP contribution is 2.68. The fourth-order valence-corrected chi connectivity index (χ4v) is 8.47. The second-order valence-electron chi connectivity index (χ2n) is 11.0. The molecule has 28 heavy (non-hydrogen) atoms. The third-order valence-electron chi connectivity index (χ3n) is 10.0. The second kappa shape index (κ2) is 6.72. The van der Waals surface area contributed by atoms with Crippen LogP contribution in [0.3, 0.4) is 0 Å². The molecule has 0 aliphatic heterocycles. The van der Waals surface area contributed by atoms with Gasteiger partial charge < -0.3 is 5.11 Å². The molecule has 0 aromatic heterocycles. The quantitative estimate of drug-likeness (QED) is 0.638. The zero-order chi connectivity index (χ0) is 20.5. The van der Waals surface area contributed by atoms with Crippen molar-refractivity contribution in [1.82, 2.24) is 0 Å². The average Bonchev–Trinajstić information content (AvgIpc) is 2.97. The van der Waals surface area contributed by atoms with E-state index in [1.807, 2.05) is 0 Å². The highest BCUT2D eigenvalue weighted by atomic mass is 19.4. The van der Waals surface area contributed by atoms with Gasteiger partial charge in [-0.25, -0.2) is 0 Å². The van der Waals surface area contributed by atoms with Crippen molar-refractivity contribution in [2.75, 3.05) is 0 Å². The number of aliphatic hydroxyl groups is 1. The predicted molar refractivity (Wildman–Crippen MR) is 101 cm³/mol. The molecule has 2 nitrogen and oxygen atoms in total. The highest BCUT2D eigenvalue weighted by molar-refractivity contribution is 5.79. The molecular weight excluding hydrogens is 365 g/mol. The maximum atomic E-state index is 13.2. The summed E-state index contributed by atoms with van der Waals surface area (Å²) < 4.78 is 39.5. The summed E-state index contributed by atoms with van der Waals surface area (Å²) in [6.07, 6.45) is 1.74. The summed E-state index contributed by atoms with van der Waals surface area (Å²) in [5.74, 6) is 1.77. The normalized spacial score (nSPS) is 48.4. The van der Waals surface area contributed by atoms with Crippen LogP contribution in [-0.4, -0.2) is 23.2 Å². The van der Waals surface area contributed by atoms with Crippen LogP contribution in [0.2, 0.25) is 0 Å². The number of alkyl halides is 3. The molecule has 0 aromatic carbocycles. The van der Waals surface area contributed by atoms with Gasteiger partial charge in [0, 0.05) is 12.8 Å². The van der Waals surface area contributed by atoms with Crippen LogP contribution in [-0.2, 0) is 4.79 Å². The van der Waals surface area contributed by atoms with Gasteiger partial charge in [0.15, 0.2) is 6.10 Å². The average molecular weight is 401 g/mol. The van der Waals surface area contributed by atoms with E-state index < -0.39 is 18.2 Å². The van der Waals surface area contributed by atoms with Crippen molar-refractivity contribution in [2.24, 2.45) is 46.3 Å². The molecule has 4 aliphatic carbocycles. The van der Waals surface area contributed by atoms with E-state index >= 15 is 0 Å². The van der Waals surface area contributed by atoms with E-state index in [4.69, 9.17) is 0 Å². The van der Waals surface area contributed by atoms with E-state index in [2.05, 4.69) is 13.8 Å². The Morgan fingerprint density at radius 1 is 1.00 bits per heavy atom. The molecule has 5 heteroatoms. The molecule has 0 spiro atoms. The standard InChI is InChI=1S/C23H35F3O2/c1-13(20(28)23(24,25)26)17-6-7-18-16-5-4-14-12-15(27)8-10-21(14,2)19(16)9-11-22(17,18)3/h13-14,16-20,28H,4-12H2,1-3H3/t13-,14+,16-,17+,18-,19-,20-,21-,22+/m0/s1. The van der Waals surface area contributed by atoms with E-state index in [9.17, 15) is 23.1 Å². The van der Waals surface area contributed by atoms with Crippen LogP contribution in [0.1, 0.15) is 78.6 Å². The van der Waals surface area contributed by atoms with Crippen LogP contribution in [0.4, 0.5) is 13.2 Å². The Morgan fingerprint density at radius 3 is 2.36 bits per heavy atom. The number of Topliss-reactive ketones (excluding diaryl/α,β-unsaturated/α-hetero) is 1. The number of ketones is 1. The van der Waals surface area contributed by atoms with Crippen LogP contribution in [0.5, 0.6) is 0 Å². The first-order chi connectivity index (χ1) is 13.0. The summed E-state index contributed by atoms with van der Waals surface area (Å²) in [6.45, 7) is 6.21. The smallest absolute Gasteiger partial charge is 0.383 e. The van der Waals surface area contributed by atoms with Gasteiger partial charge in [-0.2, -0.15) is 13.2 Å². The van der Waals surface area contributed by atoms with Crippen LogP contribution in [0.15, 0.2) is 0 Å². The number of halogens is 3. The van der Waals surface area contributed by atoms with Gasteiger partial charge in [0.2, 0.25) is 0 Å². The van der Waals surface area contributed by atoms with Crippen LogP contribution >= 0.6 is 0 Å². The monoisotopic (exact) mass is 400 g/mol. The number of hydrogen-bond donors (Lipinski definition) is 1. The van der Waals surface area contributed by atoms with Gasteiger partial charge in [0.05, 0.1) is 0 Å². The minimum Gasteiger partial charge on any atom is -0.383 e. The van der Waals surface area contributed by atoms with Crippen molar-refractivity contribution in [3.05, 3.63) is 0 Å². The van der Waals surface area contributed by atoms with E-state index in [1.165, 1.54) is 0 Å². The molecular formula is C23H35F3O2. The van der Waals surface area contributed by atoms with E-state index in [-0.39, 0.29) is 16.7 Å². The molecule has 0 bridgehead atoms. The molecule has 4 saturated carbocycles. The summed E-state index contributed by atoms with van der Waals surface area (Å²) in [5, 5.41) is 9.92. The lowest BCUT2D eigenvalue weighted by molar-refractivity contribution is -0.228. The van der Waals surface area contributed by atoms with Crippen LogP contribution in [0.25, 0.3) is 0 Å².